The molecule has 6 nitrogen and oxygen atoms in total. The van der Waals surface area contributed by atoms with Gasteiger partial charge in [0.05, 0.1) is 4.90 Å². The third-order valence-corrected chi connectivity index (χ3v) is 5.46. The second-order valence-corrected chi connectivity index (χ2v) is 7.56. The van der Waals surface area contributed by atoms with E-state index in [1.807, 2.05) is 24.3 Å². The van der Waals surface area contributed by atoms with Gasteiger partial charge in [-0.05, 0) is 42.3 Å². The van der Waals surface area contributed by atoms with Gasteiger partial charge in [-0.1, -0.05) is 18.2 Å². The molecule has 0 amide bonds. The summed E-state index contributed by atoms with van der Waals surface area (Å²) in [6.45, 7) is -0.0252. The molecule has 0 radical (unpaired) electrons. The van der Waals surface area contributed by atoms with Crippen molar-refractivity contribution in [1.29, 1.82) is 0 Å². The van der Waals surface area contributed by atoms with Crippen molar-refractivity contribution >= 4 is 26.9 Å². The number of carboxylic acid groups (broad SMARTS) is 1. The van der Waals surface area contributed by atoms with Crippen LogP contribution < -0.4 is 4.72 Å². The third kappa shape index (κ3) is 3.92. The van der Waals surface area contributed by atoms with Crippen molar-refractivity contribution < 1.29 is 22.7 Å². The summed E-state index contributed by atoms with van der Waals surface area (Å²) in [5.41, 5.74) is 1.63. The molecule has 0 aliphatic rings. The Labute approximate surface area is 149 Å². The van der Waals surface area contributed by atoms with E-state index in [2.05, 4.69) is 4.72 Å². The Morgan fingerprint density at radius 3 is 2.50 bits per heavy atom. The average Bonchev–Trinajstić information content (AvgIpc) is 2.93. The van der Waals surface area contributed by atoms with Crippen molar-refractivity contribution in [1.82, 2.24) is 9.29 Å². The molecule has 2 N–H and O–H groups in total. The van der Waals surface area contributed by atoms with Crippen molar-refractivity contribution in [3.63, 3.8) is 0 Å². The third-order valence-electron chi connectivity index (χ3n) is 3.99. The minimum atomic E-state index is -3.73. The van der Waals surface area contributed by atoms with Crippen LogP contribution in [0.2, 0.25) is 0 Å². The van der Waals surface area contributed by atoms with Crippen molar-refractivity contribution in [3.05, 3.63) is 66.1 Å². The highest BCUT2D eigenvalue weighted by Crippen LogP contribution is 2.22. The number of aromatic nitrogens is 1. The summed E-state index contributed by atoms with van der Waals surface area (Å²) in [5.74, 6) is -1.45. The summed E-state index contributed by atoms with van der Waals surface area (Å²) in [6, 6.07) is 12.0. The minimum Gasteiger partial charge on any atom is -0.480 e. The number of hydrogen-bond donors (Lipinski definition) is 2. The maximum Gasteiger partial charge on any atom is 0.323 e. The number of para-hydroxylation sites is 1. The molecular formula is C18H17FN2O4S. The molecule has 0 saturated carbocycles. The fraction of sp³-hybridized carbons (Fsp3) is 0.167. The van der Waals surface area contributed by atoms with Crippen LogP contribution >= 0.6 is 0 Å². The topological polar surface area (TPSA) is 88.4 Å². The van der Waals surface area contributed by atoms with Crippen molar-refractivity contribution in [3.8, 4) is 0 Å². The average molecular weight is 376 g/mol. The second-order valence-electron chi connectivity index (χ2n) is 5.79. The molecule has 3 aromatic rings. The number of benzene rings is 2. The highest BCUT2D eigenvalue weighted by atomic mass is 32.2. The number of sulfonamides is 1. The molecule has 3 rings (SSSR count). The maximum atomic E-state index is 12.9. The number of hydrogen-bond acceptors (Lipinski definition) is 3. The van der Waals surface area contributed by atoms with Crippen LogP contribution in [0.25, 0.3) is 10.9 Å². The van der Waals surface area contributed by atoms with Crippen LogP contribution in [0.5, 0.6) is 0 Å². The van der Waals surface area contributed by atoms with Crippen molar-refractivity contribution in [2.75, 3.05) is 6.54 Å². The summed E-state index contributed by atoms with van der Waals surface area (Å²) in [5, 5.41) is 9.91. The van der Waals surface area contributed by atoms with Gasteiger partial charge in [0.1, 0.15) is 12.4 Å². The van der Waals surface area contributed by atoms with Crippen LogP contribution in [-0.2, 0) is 27.8 Å². The van der Waals surface area contributed by atoms with Crippen molar-refractivity contribution in [2.24, 2.45) is 0 Å². The molecule has 0 spiro atoms. The van der Waals surface area contributed by atoms with Crippen LogP contribution in [0, 0.1) is 5.82 Å². The molecule has 0 fully saturated rings. The number of nitrogens with one attached hydrogen (secondary N) is 1. The summed E-state index contributed by atoms with van der Waals surface area (Å²) in [6.07, 6.45) is 2.12. The van der Waals surface area contributed by atoms with Gasteiger partial charge < -0.3 is 9.67 Å². The molecule has 26 heavy (non-hydrogen) atoms. The SMILES string of the molecule is O=C(O)Cn1cc(CCNS(=O)(=O)c2ccc(F)cc2)c2ccccc21. The first-order chi connectivity index (χ1) is 12.4. The first-order valence-electron chi connectivity index (χ1n) is 7.90. The van der Waals surface area contributed by atoms with E-state index in [1.54, 1.807) is 10.8 Å². The van der Waals surface area contributed by atoms with Crippen LogP contribution in [0.3, 0.4) is 0 Å². The van der Waals surface area contributed by atoms with E-state index in [-0.39, 0.29) is 18.0 Å². The second kappa shape index (κ2) is 7.27. The van der Waals surface area contributed by atoms with Crippen LogP contribution in [0.4, 0.5) is 4.39 Å². The van der Waals surface area contributed by atoms with Gasteiger partial charge in [-0.15, -0.1) is 0 Å². The van der Waals surface area contributed by atoms with Crippen LogP contribution in [-0.4, -0.2) is 30.6 Å². The lowest BCUT2D eigenvalue weighted by molar-refractivity contribution is -0.137. The standard InChI is InChI=1S/C18H17FN2O4S/c19-14-5-7-15(8-6-14)26(24,25)20-10-9-13-11-21(12-18(22)23)17-4-2-1-3-16(13)17/h1-8,11,20H,9-10,12H2,(H,22,23). The Hall–Kier alpha value is -2.71. The highest BCUT2D eigenvalue weighted by molar-refractivity contribution is 7.89. The summed E-state index contributed by atoms with van der Waals surface area (Å²) >= 11 is 0. The zero-order valence-electron chi connectivity index (χ0n) is 13.7. The Morgan fingerprint density at radius 2 is 1.81 bits per heavy atom. The van der Waals surface area contributed by atoms with Gasteiger partial charge in [0.25, 0.3) is 0 Å². The molecule has 0 aliphatic carbocycles. The molecule has 0 bridgehead atoms. The normalized spacial score (nSPS) is 11.7. The Morgan fingerprint density at radius 1 is 1.12 bits per heavy atom. The molecule has 136 valence electrons. The number of carboxylic acids is 1. The number of aliphatic carboxylic acids is 1. The molecule has 0 saturated heterocycles. The molecule has 1 aromatic heterocycles. The van der Waals surface area contributed by atoms with Crippen LogP contribution in [0.1, 0.15) is 5.56 Å². The van der Waals surface area contributed by atoms with E-state index < -0.39 is 21.8 Å². The zero-order chi connectivity index (χ0) is 18.7. The quantitative estimate of drug-likeness (QED) is 0.663. The molecular weight excluding hydrogens is 359 g/mol. The number of nitrogens with zero attached hydrogens (tertiary/aromatic N) is 1. The molecule has 0 unspecified atom stereocenters. The molecule has 0 aliphatic heterocycles. The smallest absolute Gasteiger partial charge is 0.323 e. The molecule has 8 heteroatoms. The Kier molecular flexibility index (Phi) is 5.06. The fourth-order valence-corrected chi connectivity index (χ4v) is 3.85. The van der Waals surface area contributed by atoms with E-state index in [0.29, 0.717) is 6.42 Å². The summed E-state index contributed by atoms with van der Waals surface area (Å²) < 4.78 is 41.5. The first-order valence-corrected chi connectivity index (χ1v) is 9.39. The lowest BCUT2D eigenvalue weighted by Crippen LogP contribution is -2.26. The highest BCUT2D eigenvalue weighted by Gasteiger charge is 2.15. The van der Waals surface area contributed by atoms with E-state index >= 15 is 0 Å². The van der Waals surface area contributed by atoms with Gasteiger partial charge >= 0.3 is 5.97 Å². The van der Waals surface area contributed by atoms with E-state index in [4.69, 9.17) is 5.11 Å². The van der Waals surface area contributed by atoms with Gasteiger partial charge in [-0.2, -0.15) is 0 Å². The first kappa shape index (κ1) is 18.1. The largest absolute Gasteiger partial charge is 0.480 e. The molecule has 2 aromatic carbocycles. The molecule has 0 atom stereocenters. The number of fused-ring (bicyclic) bond motifs is 1. The lowest BCUT2D eigenvalue weighted by Gasteiger charge is -2.06. The van der Waals surface area contributed by atoms with Gasteiger partial charge in [0, 0.05) is 23.6 Å². The predicted octanol–water partition coefficient (Wildman–Crippen LogP) is 2.39. The summed E-state index contributed by atoms with van der Waals surface area (Å²) in [7, 11) is -3.73. The van der Waals surface area contributed by atoms with Gasteiger partial charge in [-0.3, -0.25) is 4.79 Å². The van der Waals surface area contributed by atoms with E-state index in [1.165, 1.54) is 12.1 Å². The van der Waals surface area contributed by atoms with Gasteiger partial charge in [-0.25, -0.2) is 17.5 Å². The van der Waals surface area contributed by atoms with Crippen LogP contribution in [0.15, 0.2) is 59.6 Å². The summed E-state index contributed by atoms with van der Waals surface area (Å²) in [4.78, 5) is 11.0. The zero-order valence-corrected chi connectivity index (χ0v) is 14.5. The predicted molar refractivity (Wildman–Crippen MR) is 94.9 cm³/mol. The van der Waals surface area contributed by atoms with Gasteiger partial charge in [0.15, 0.2) is 0 Å². The molecule has 1 heterocycles. The number of carbonyl (C=O) groups is 1. The van der Waals surface area contributed by atoms with Gasteiger partial charge in [0.2, 0.25) is 10.0 Å². The number of halogens is 1. The number of rotatable bonds is 7. The van der Waals surface area contributed by atoms with Crippen molar-refractivity contribution in [2.45, 2.75) is 17.9 Å². The maximum absolute atomic E-state index is 12.9. The van der Waals surface area contributed by atoms with E-state index in [0.717, 1.165) is 28.6 Å². The minimum absolute atomic E-state index is 0.00722. The lowest BCUT2D eigenvalue weighted by atomic mass is 10.1. The fourth-order valence-electron chi connectivity index (χ4n) is 2.82. The Balaban J connectivity index is 1.75. The van der Waals surface area contributed by atoms with E-state index in [9.17, 15) is 17.6 Å². The monoisotopic (exact) mass is 376 g/mol. The Bertz CT molecular complexity index is 1040.